The zero-order chi connectivity index (χ0) is 7.98. The predicted octanol–water partition coefficient (Wildman–Crippen LogP) is 2.44. The van der Waals surface area contributed by atoms with Crippen molar-refractivity contribution in [2.24, 2.45) is 0 Å². The summed E-state index contributed by atoms with van der Waals surface area (Å²) in [7, 11) is 0. The topological polar surface area (TPSA) is 17.1 Å². The highest BCUT2D eigenvalue weighted by Gasteiger charge is 1.90. The van der Waals surface area contributed by atoms with E-state index < -0.39 is 0 Å². The molecule has 1 nitrogen and oxygen atoms in total. The first-order valence-corrected chi connectivity index (χ1v) is 3.20. The molecular formula is C8H9ClO. The second-order valence-corrected chi connectivity index (χ2v) is 2.27. The Labute approximate surface area is 65.7 Å². The van der Waals surface area contributed by atoms with Crippen LogP contribution in [0.4, 0.5) is 0 Å². The van der Waals surface area contributed by atoms with Gasteiger partial charge in [0.05, 0.1) is 0 Å². The summed E-state index contributed by atoms with van der Waals surface area (Å²) in [5.41, 5.74) is 0.488. The zero-order valence-electron chi connectivity index (χ0n) is 5.80. The van der Waals surface area contributed by atoms with Crippen molar-refractivity contribution >= 4 is 17.9 Å². The van der Waals surface area contributed by atoms with E-state index in [-0.39, 0.29) is 0 Å². The third kappa shape index (κ3) is 3.25. The predicted molar refractivity (Wildman–Crippen MR) is 44.0 cm³/mol. The highest BCUT2D eigenvalue weighted by atomic mass is 35.5. The highest BCUT2D eigenvalue weighted by molar-refractivity contribution is 6.31. The van der Waals surface area contributed by atoms with E-state index in [1.807, 2.05) is 0 Å². The van der Waals surface area contributed by atoms with E-state index in [1.165, 1.54) is 0 Å². The lowest BCUT2D eigenvalue weighted by Crippen LogP contribution is -1.79. The summed E-state index contributed by atoms with van der Waals surface area (Å²) in [6, 6.07) is 0. The number of carbonyl (C=O) groups is 1. The molecule has 0 unspecified atom stereocenters. The first-order chi connectivity index (χ1) is 4.72. The van der Waals surface area contributed by atoms with Crippen molar-refractivity contribution in [3.8, 4) is 0 Å². The van der Waals surface area contributed by atoms with Crippen molar-refractivity contribution in [1.82, 2.24) is 0 Å². The SMILES string of the molecule is C=C/C=C\C(C=O)=C(/C)Cl. The number of rotatable bonds is 3. The van der Waals surface area contributed by atoms with Crippen molar-refractivity contribution in [1.29, 1.82) is 0 Å². The fourth-order valence-corrected chi connectivity index (χ4v) is 0.515. The zero-order valence-corrected chi connectivity index (χ0v) is 6.56. The molecule has 0 aliphatic rings. The van der Waals surface area contributed by atoms with Gasteiger partial charge in [-0.15, -0.1) is 0 Å². The average molecular weight is 157 g/mol. The van der Waals surface area contributed by atoms with Gasteiger partial charge in [-0.3, -0.25) is 4.79 Å². The molecule has 0 aliphatic carbocycles. The van der Waals surface area contributed by atoms with Gasteiger partial charge in [0.1, 0.15) is 0 Å². The summed E-state index contributed by atoms with van der Waals surface area (Å²) in [5.74, 6) is 0. The summed E-state index contributed by atoms with van der Waals surface area (Å²) < 4.78 is 0. The quantitative estimate of drug-likeness (QED) is 0.349. The molecule has 0 rings (SSSR count). The van der Waals surface area contributed by atoms with E-state index in [9.17, 15) is 4.79 Å². The summed E-state index contributed by atoms with van der Waals surface area (Å²) in [4.78, 5) is 10.2. The van der Waals surface area contributed by atoms with E-state index in [4.69, 9.17) is 11.6 Å². The number of carbonyl (C=O) groups excluding carboxylic acids is 1. The summed E-state index contributed by atoms with van der Waals surface area (Å²) in [6.45, 7) is 5.12. The van der Waals surface area contributed by atoms with Crippen LogP contribution in [-0.2, 0) is 4.79 Å². The molecule has 54 valence electrons. The van der Waals surface area contributed by atoms with Crippen molar-refractivity contribution in [2.75, 3.05) is 0 Å². The Hall–Kier alpha value is -0.820. The van der Waals surface area contributed by atoms with Crippen LogP contribution in [0.15, 0.2) is 35.4 Å². The molecule has 0 bridgehead atoms. The smallest absolute Gasteiger partial charge is 0.151 e. The summed E-state index contributed by atoms with van der Waals surface area (Å²) in [5, 5.41) is 0.494. The Kier molecular flexibility index (Phi) is 4.59. The molecule has 10 heavy (non-hydrogen) atoms. The third-order valence-corrected chi connectivity index (χ3v) is 1.15. The van der Waals surface area contributed by atoms with E-state index in [2.05, 4.69) is 6.58 Å². The van der Waals surface area contributed by atoms with Crippen LogP contribution in [0.3, 0.4) is 0 Å². The number of hydrogen-bond donors (Lipinski definition) is 0. The van der Waals surface area contributed by atoms with Crippen LogP contribution < -0.4 is 0 Å². The molecule has 0 saturated heterocycles. The number of hydrogen-bond acceptors (Lipinski definition) is 1. The van der Waals surface area contributed by atoms with E-state index in [0.29, 0.717) is 16.9 Å². The number of aldehydes is 1. The average Bonchev–Trinajstić information content (AvgIpc) is 1.89. The number of halogens is 1. The van der Waals surface area contributed by atoms with Crippen molar-refractivity contribution in [3.63, 3.8) is 0 Å². The van der Waals surface area contributed by atoms with E-state index >= 15 is 0 Å². The molecule has 0 aromatic rings. The van der Waals surface area contributed by atoms with Crippen LogP contribution in [0.25, 0.3) is 0 Å². The summed E-state index contributed by atoms with van der Waals surface area (Å²) >= 11 is 5.54. The maximum atomic E-state index is 10.2. The molecule has 0 aromatic heterocycles. The maximum Gasteiger partial charge on any atom is 0.151 e. The molecule has 0 aromatic carbocycles. The van der Waals surface area contributed by atoms with Gasteiger partial charge in [0.15, 0.2) is 6.29 Å². The molecule has 0 aliphatic heterocycles. The van der Waals surface area contributed by atoms with Gasteiger partial charge >= 0.3 is 0 Å². The van der Waals surface area contributed by atoms with Gasteiger partial charge < -0.3 is 0 Å². The monoisotopic (exact) mass is 156 g/mol. The highest BCUT2D eigenvalue weighted by Crippen LogP contribution is 2.06. The van der Waals surface area contributed by atoms with Crippen LogP contribution >= 0.6 is 11.6 Å². The lowest BCUT2D eigenvalue weighted by molar-refractivity contribution is -0.104. The van der Waals surface area contributed by atoms with Gasteiger partial charge in [-0.05, 0) is 6.92 Å². The van der Waals surface area contributed by atoms with Gasteiger partial charge in [0, 0.05) is 10.6 Å². The van der Waals surface area contributed by atoms with Crippen LogP contribution in [0.2, 0.25) is 0 Å². The standard InChI is InChI=1S/C8H9ClO/c1-3-4-5-8(6-10)7(2)9/h3-6H,1H2,2H3/b5-4-,8-7-. The van der Waals surface area contributed by atoms with Crippen LogP contribution in [-0.4, -0.2) is 6.29 Å². The maximum absolute atomic E-state index is 10.2. The van der Waals surface area contributed by atoms with Crippen LogP contribution in [0, 0.1) is 0 Å². The van der Waals surface area contributed by atoms with Gasteiger partial charge in [-0.1, -0.05) is 36.4 Å². The van der Waals surface area contributed by atoms with Gasteiger partial charge in [0.2, 0.25) is 0 Å². The third-order valence-electron chi connectivity index (χ3n) is 0.937. The second kappa shape index (κ2) is 5.00. The molecule has 0 spiro atoms. The Morgan fingerprint density at radius 1 is 1.60 bits per heavy atom. The minimum Gasteiger partial charge on any atom is -0.298 e. The molecule has 0 N–H and O–H groups in total. The second-order valence-electron chi connectivity index (χ2n) is 1.70. The van der Waals surface area contributed by atoms with E-state index in [0.717, 1.165) is 0 Å². The fraction of sp³-hybridized carbons (Fsp3) is 0.125. The van der Waals surface area contributed by atoms with Crippen LogP contribution in [0.5, 0.6) is 0 Å². The van der Waals surface area contributed by atoms with Gasteiger partial charge in [-0.2, -0.15) is 0 Å². The molecule has 0 atom stereocenters. The van der Waals surface area contributed by atoms with Crippen molar-refractivity contribution < 1.29 is 4.79 Å². The Morgan fingerprint density at radius 3 is 2.50 bits per heavy atom. The first-order valence-electron chi connectivity index (χ1n) is 2.83. The molecule has 2 heteroatoms. The van der Waals surface area contributed by atoms with Gasteiger partial charge in [-0.25, -0.2) is 0 Å². The lowest BCUT2D eigenvalue weighted by atomic mass is 10.2. The molecule has 0 heterocycles. The Balaban J connectivity index is 4.38. The molecule has 0 saturated carbocycles. The first kappa shape index (κ1) is 9.18. The fourth-order valence-electron chi connectivity index (χ4n) is 0.407. The molecule has 0 fully saturated rings. The Bertz CT molecular complexity index is 185. The van der Waals surface area contributed by atoms with Gasteiger partial charge in [0.25, 0.3) is 0 Å². The largest absolute Gasteiger partial charge is 0.298 e. The molecule has 0 amide bonds. The van der Waals surface area contributed by atoms with E-state index in [1.54, 1.807) is 25.2 Å². The minimum absolute atomic E-state index is 0.488. The molecule has 0 radical (unpaired) electrons. The number of allylic oxidation sites excluding steroid dienone is 5. The normalized spacial score (nSPS) is 13.0. The lowest BCUT2D eigenvalue weighted by Gasteiger charge is -1.88. The Morgan fingerprint density at radius 2 is 2.20 bits per heavy atom. The van der Waals surface area contributed by atoms with Crippen molar-refractivity contribution in [2.45, 2.75) is 6.92 Å². The molecular weight excluding hydrogens is 148 g/mol. The van der Waals surface area contributed by atoms with Crippen LogP contribution in [0.1, 0.15) is 6.92 Å². The summed E-state index contributed by atoms with van der Waals surface area (Å²) in [6.07, 6.45) is 5.57. The minimum atomic E-state index is 0.488. The van der Waals surface area contributed by atoms with Crippen molar-refractivity contribution in [3.05, 3.63) is 35.4 Å².